The maximum Gasteiger partial charge on any atom is 0.252 e. The van der Waals surface area contributed by atoms with Gasteiger partial charge in [-0.1, -0.05) is 28.4 Å². The van der Waals surface area contributed by atoms with Crippen molar-refractivity contribution in [2.24, 2.45) is 0 Å². The molecule has 0 spiro atoms. The normalized spacial score (nSPS) is 10.4. The summed E-state index contributed by atoms with van der Waals surface area (Å²) >= 11 is 11.8. The monoisotopic (exact) mass is 299 g/mol. The molecule has 1 aromatic heterocycles. The van der Waals surface area contributed by atoms with Crippen LogP contribution in [0.15, 0.2) is 24.5 Å². The van der Waals surface area contributed by atoms with Gasteiger partial charge >= 0.3 is 0 Å². The van der Waals surface area contributed by atoms with Gasteiger partial charge in [0.1, 0.15) is 0 Å². The van der Waals surface area contributed by atoms with E-state index in [2.05, 4.69) is 15.6 Å². The van der Waals surface area contributed by atoms with Crippen molar-refractivity contribution in [1.29, 1.82) is 0 Å². The van der Waals surface area contributed by atoms with Crippen molar-refractivity contribution in [2.45, 2.75) is 6.54 Å². The zero-order chi connectivity index (χ0) is 13.8. The van der Waals surface area contributed by atoms with Crippen molar-refractivity contribution in [2.75, 3.05) is 12.3 Å². The molecule has 0 fully saturated rings. The number of nitrogens with one attached hydrogen (secondary N) is 1. The van der Waals surface area contributed by atoms with Gasteiger partial charge in [0, 0.05) is 18.4 Å². The third kappa shape index (κ3) is 3.36. The van der Waals surface area contributed by atoms with E-state index < -0.39 is 0 Å². The summed E-state index contributed by atoms with van der Waals surface area (Å²) in [7, 11) is 0. The van der Waals surface area contributed by atoms with Crippen molar-refractivity contribution >= 4 is 34.8 Å². The van der Waals surface area contributed by atoms with E-state index in [4.69, 9.17) is 28.9 Å². The first kappa shape index (κ1) is 13.6. The summed E-state index contributed by atoms with van der Waals surface area (Å²) in [5, 5.41) is 10.6. The van der Waals surface area contributed by atoms with Crippen LogP contribution >= 0.6 is 23.2 Å². The molecule has 2 rings (SSSR count). The first-order chi connectivity index (χ1) is 9.08. The lowest BCUT2D eigenvalue weighted by Gasteiger charge is -2.08. The number of halogens is 2. The number of nitrogen functional groups attached to an aromatic ring is 1. The van der Waals surface area contributed by atoms with Gasteiger partial charge in [0.05, 0.1) is 28.4 Å². The van der Waals surface area contributed by atoms with E-state index in [1.807, 2.05) is 0 Å². The third-order valence-corrected chi connectivity index (χ3v) is 3.20. The van der Waals surface area contributed by atoms with E-state index in [0.717, 1.165) is 0 Å². The summed E-state index contributed by atoms with van der Waals surface area (Å²) in [5.74, 6) is -0.334. The number of rotatable bonds is 4. The molecule has 0 atom stereocenters. The molecule has 100 valence electrons. The lowest BCUT2D eigenvalue weighted by molar-refractivity contribution is 0.0952. The lowest BCUT2D eigenvalue weighted by Crippen LogP contribution is -2.27. The van der Waals surface area contributed by atoms with E-state index in [9.17, 15) is 4.79 Å². The standard InChI is InChI=1S/C11H11Cl2N5O/c12-9-6-7(14)5-8(10(9)13)11(19)15-1-3-18-4-2-16-17-18/h2,4-6H,1,3,14H2,(H,15,19). The number of amides is 1. The maximum absolute atomic E-state index is 11.9. The number of hydrogen-bond donors (Lipinski definition) is 2. The first-order valence-corrected chi connectivity index (χ1v) is 6.20. The Bertz CT molecular complexity index is 585. The second-order valence-electron chi connectivity index (χ2n) is 3.79. The molecule has 1 aromatic carbocycles. The molecule has 0 saturated heterocycles. The Hall–Kier alpha value is -1.79. The molecule has 8 heteroatoms. The Kier molecular flexibility index (Phi) is 4.24. The van der Waals surface area contributed by atoms with E-state index in [1.165, 1.54) is 12.1 Å². The van der Waals surface area contributed by atoms with Crippen LogP contribution in [0.4, 0.5) is 5.69 Å². The number of benzene rings is 1. The Morgan fingerprint density at radius 1 is 1.42 bits per heavy atom. The van der Waals surface area contributed by atoms with Crippen LogP contribution in [0.5, 0.6) is 0 Å². The Morgan fingerprint density at radius 2 is 2.21 bits per heavy atom. The van der Waals surface area contributed by atoms with Crippen molar-refractivity contribution < 1.29 is 4.79 Å². The molecule has 1 amide bonds. The van der Waals surface area contributed by atoms with Crippen LogP contribution in [-0.4, -0.2) is 27.4 Å². The van der Waals surface area contributed by atoms with Crippen molar-refractivity contribution in [3.8, 4) is 0 Å². The fourth-order valence-electron chi connectivity index (χ4n) is 1.51. The van der Waals surface area contributed by atoms with Gasteiger partial charge in [0.2, 0.25) is 0 Å². The highest BCUT2D eigenvalue weighted by Gasteiger charge is 2.13. The quantitative estimate of drug-likeness (QED) is 0.840. The van der Waals surface area contributed by atoms with Crippen LogP contribution in [0, 0.1) is 0 Å². The Balaban J connectivity index is 2.00. The van der Waals surface area contributed by atoms with Gasteiger partial charge in [-0.05, 0) is 12.1 Å². The fraction of sp³-hybridized carbons (Fsp3) is 0.182. The lowest BCUT2D eigenvalue weighted by atomic mass is 10.2. The van der Waals surface area contributed by atoms with Gasteiger partial charge in [0.25, 0.3) is 5.91 Å². The number of anilines is 1. The molecule has 0 bridgehead atoms. The number of hydrogen-bond acceptors (Lipinski definition) is 4. The number of nitrogens with two attached hydrogens (primary N) is 1. The van der Waals surface area contributed by atoms with Gasteiger partial charge in [-0.15, -0.1) is 5.10 Å². The summed E-state index contributed by atoms with van der Waals surface area (Å²) in [6.45, 7) is 0.907. The molecule has 0 aliphatic carbocycles. The summed E-state index contributed by atoms with van der Waals surface area (Å²) in [6.07, 6.45) is 3.27. The number of nitrogens with zero attached hydrogens (tertiary/aromatic N) is 3. The van der Waals surface area contributed by atoms with Crippen LogP contribution in [-0.2, 0) is 6.54 Å². The minimum absolute atomic E-state index is 0.189. The highest BCUT2D eigenvalue weighted by atomic mass is 35.5. The van der Waals surface area contributed by atoms with Crippen molar-refractivity contribution in [3.05, 3.63) is 40.1 Å². The topological polar surface area (TPSA) is 85.8 Å². The number of carbonyl (C=O) groups is 1. The van der Waals surface area contributed by atoms with Crippen LogP contribution in [0.2, 0.25) is 10.0 Å². The molecular formula is C11H11Cl2N5O. The molecule has 0 aliphatic heterocycles. The van der Waals surface area contributed by atoms with E-state index >= 15 is 0 Å². The zero-order valence-electron chi connectivity index (χ0n) is 9.81. The maximum atomic E-state index is 11.9. The Morgan fingerprint density at radius 3 is 2.89 bits per heavy atom. The zero-order valence-corrected chi connectivity index (χ0v) is 11.3. The minimum Gasteiger partial charge on any atom is -0.399 e. The largest absolute Gasteiger partial charge is 0.399 e. The van der Waals surface area contributed by atoms with Crippen molar-refractivity contribution in [1.82, 2.24) is 20.3 Å². The van der Waals surface area contributed by atoms with Gasteiger partial charge in [-0.3, -0.25) is 9.48 Å². The molecule has 0 unspecified atom stereocenters. The molecule has 0 radical (unpaired) electrons. The molecule has 1 heterocycles. The molecule has 19 heavy (non-hydrogen) atoms. The second-order valence-corrected chi connectivity index (χ2v) is 4.57. The Labute approximate surface area is 119 Å². The average molecular weight is 300 g/mol. The highest BCUT2D eigenvalue weighted by molar-refractivity contribution is 6.44. The van der Waals surface area contributed by atoms with Crippen LogP contribution in [0.1, 0.15) is 10.4 Å². The molecule has 0 aliphatic rings. The predicted molar refractivity (Wildman–Crippen MR) is 73.2 cm³/mol. The third-order valence-electron chi connectivity index (χ3n) is 2.39. The van der Waals surface area contributed by atoms with Crippen molar-refractivity contribution in [3.63, 3.8) is 0 Å². The van der Waals surface area contributed by atoms with E-state index in [0.29, 0.717) is 18.8 Å². The van der Waals surface area contributed by atoms with Crippen LogP contribution in [0.25, 0.3) is 0 Å². The fourth-order valence-corrected chi connectivity index (χ4v) is 1.93. The summed E-state index contributed by atoms with van der Waals surface area (Å²) in [6, 6.07) is 2.98. The van der Waals surface area contributed by atoms with Crippen LogP contribution < -0.4 is 11.1 Å². The predicted octanol–water partition coefficient (Wildman–Crippen LogP) is 1.60. The molecule has 2 aromatic rings. The summed E-state index contributed by atoms with van der Waals surface area (Å²) in [4.78, 5) is 11.9. The minimum atomic E-state index is -0.334. The SMILES string of the molecule is Nc1cc(Cl)c(Cl)c(C(=O)NCCn2ccnn2)c1. The first-order valence-electron chi connectivity index (χ1n) is 5.44. The number of aromatic nitrogens is 3. The molecule has 6 nitrogen and oxygen atoms in total. The van der Waals surface area contributed by atoms with Crippen LogP contribution in [0.3, 0.4) is 0 Å². The van der Waals surface area contributed by atoms with E-state index in [1.54, 1.807) is 17.1 Å². The molecular weight excluding hydrogens is 289 g/mol. The molecule has 0 saturated carbocycles. The summed E-state index contributed by atoms with van der Waals surface area (Å²) < 4.78 is 1.61. The van der Waals surface area contributed by atoms with Gasteiger partial charge in [0.15, 0.2) is 0 Å². The molecule has 3 N–H and O–H groups in total. The van der Waals surface area contributed by atoms with Gasteiger partial charge < -0.3 is 11.1 Å². The van der Waals surface area contributed by atoms with E-state index in [-0.39, 0.29) is 21.5 Å². The highest BCUT2D eigenvalue weighted by Crippen LogP contribution is 2.28. The van der Waals surface area contributed by atoms with Gasteiger partial charge in [-0.25, -0.2) is 0 Å². The second kappa shape index (κ2) is 5.90. The average Bonchev–Trinajstić information content (AvgIpc) is 2.86. The number of carbonyl (C=O) groups excluding carboxylic acids is 1. The smallest absolute Gasteiger partial charge is 0.252 e. The van der Waals surface area contributed by atoms with Gasteiger partial charge in [-0.2, -0.15) is 0 Å². The summed E-state index contributed by atoms with van der Waals surface area (Å²) in [5.41, 5.74) is 6.27.